The predicted molar refractivity (Wildman–Crippen MR) is 67.3 cm³/mol. The Hall–Kier alpha value is -0.0700. The Bertz CT molecular complexity index is 434. The van der Waals surface area contributed by atoms with Crippen LogP contribution < -0.4 is 0 Å². The van der Waals surface area contributed by atoms with Crippen LogP contribution in [0.5, 0.6) is 0 Å². The van der Waals surface area contributed by atoms with Crippen molar-refractivity contribution in [1.29, 1.82) is 0 Å². The van der Waals surface area contributed by atoms with E-state index in [2.05, 4.69) is 31.9 Å². The number of ketones is 1. The Morgan fingerprint density at radius 3 is 2.47 bits per heavy atom. The number of carbonyl (C=O) groups is 1. The van der Waals surface area contributed by atoms with Crippen molar-refractivity contribution in [2.75, 3.05) is 5.33 Å². The third-order valence-electron chi connectivity index (χ3n) is 1.98. The van der Waals surface area contributed by atoms with E-state index in [0.29, 0.717) is 5.33 Å². The van der Waals surface area contributed by atoms with Crippen LogP contribution in [0, 0.1) is 0 Å². The Balaban J connectivity index is 3.20. The van der Waals surface area contributed by atoms with Crippen molar-refractivity contribution >= 4 is 49.2 Å². The largest absolute Gasteiger partial charge is 0.416 e. The molecule has 7 heteroatoms. The lowest BCUT2D eigenvalue weighted by Gasteiger charge is -2.11. The van der Waals surface area contributed by atoms with Crippen molar-refractivity contribution in [3.05, 3.63) is 34.3 Å². The molecule has 1 aromatic carbocycles. The zero-order chi connectivity index (χ0) is 13.2. The molecule has 0 aromatic heterocycles. The van der Waals surface area contributed by atoms with Gasteiger partial charge in [0.1, 0.15) is 0 Å². The predicted octanol–water partition coefficient (Wildman–Crippen LogP) is 4.70. The van der Waals surface area contributed by atoms with E-state index < -0.39 is 22.4 Å². The summed E-state index contributed by atoms with van der Waals surface area (Å²) in [4.78, 5) is 11.1. The van der Waals surface area contributed by atoms with Gasteiger partial charge in [0.25, 0.3) is 0 Å². The van der Waals surface area contributed by atoms with Crippen molar-refractivity contribution < 1.29 is 18.0 Å². The van der Waals surface area contributed by atoms with Crippen LogP contribution in [0.15, 0.2) is 18.2 Å². The van der Waals surface area contributed by atoms with Crippen LogP contribution >= 0.6 is 43.5 Å². The summed E-state index contributed by atoms with van der Waals surface area (Å²) in [6, 6.07) is 2.68. The van der Waals surface area contributed by atoms with Gasteiger partial charge < -0.3 is 0 Å². The number of hydrogen-bond acceptors (Lipinski definition) is 1. The van der Waals surface area contributed by atoms with Crippen LogP contribution in [0.1, 0.15) is 15.9 Å². The summed E-state index contributed by atoms with van der Waals surface area (Å²) < 4.78 is 37.4. The number of halogens is 6. The molecule has 1 rings (SSSR count). The molecular weight excluding hydrogens is 388 g/mol. The number of Topliss-reactive ketones (excluding diaryl/α,β-unsaturated/α-hetero) is 1. The van der Waals surface area contributed by atoms with Gasteiger partial charge in [0.05, 0.1) is 15.4 Å². The fourth-order valence-corrected chi connectivity index (χ4v) is 1.88. The third-order valence-corrected chi connectivity index (χ3v) is 4.56. The van der Waals surface area contributed by atoms with Crippen molar-refractivity contribution in [3.8, 4) is 0 Å². The first kappa shape index (κ1) is 15.0. The van der Waals surface area contributed by atoms with Crippen LogP contribution in [0.3, 0.4) is 0 Å². The maximum Gasteiger partial charge on any atom is 0.416 e. The van der Waals surface area contributed by atoms with Gasteiger partial charge >= 0.3 is 6.18 Å². The zero-order valence-corrected chi connectivity index (χ0v) is 12.1. The highest BCUT2D eigenvalue weighted by Gasteiger charge is 2.32. The highest BCUT2D eigenvalue weighted by Crippen LogP contribution is 2.32. The van der Waals surface area contributed by atoms with Gasteiger partial charge in [-0.3, -0.25) is 4.79 Å². The summed E-state index contributed by atoms with van der Waals surface area (Å²) in [6.07, 6.45) is -4.49. The SMILES string of the molecule is O=C(c1cc(C(F)(F)F)ccc1Cl)C(Br)CBr. The van der Waals surface area contributed by atoms with Crippen LogP contribution in [-0.2, 0) is 6.18 Å². The Kier molecular flexibility index (Phi) is 5.04. The van der Waals surface area contributed by atoms with Gasteiger partial charge in [-0.15, -0.1) is 0 Å². The fourth-order valence-electron chi connectivity index (χ4n) is 1.13. The Morgan fingerprint density at radius 1 is 1.41 bits per heavy atom. The van der Waals surface area contributed by atoms with E-state index in [1.807, 2.05) is 0 Å². The highest BCUT2D eigenvalue weighted by atomic mass is 79.9. The summed E-state index contributed by atoms with van der Waals surface area (Å²) in [5.41, 5.74) is -1.03. The molecule has 0 aliphatic heterocycles. The van der Waals surface area contributed by atoms with Gasteiger partial charge in [0.15, 0.2) is 5.78 Å². The molecule has 1 nitrogen and oxygen atoms in total. The van der Waals surface area contributed by atoms with E-state index in [1.165, 1.54) is 0 Å². The van der Waals surface area contributed by atoms with Crippen molar-refractivity contribution in [1.82, 2.24) is 0 Å². The van der Waals surface area contributed by atoms with E-state index in [4.69, 9.17) is 11.6 Å². The number of benzene rings is 1. The summed E-state index contributed by atoms with van der Waals surface area (Å²) >= 11 is 11.8. The molecule has 0 saturated carbocycles. The molecule has 0 aliphatic rings. The van der Waals surface area contributed by atoms with E-state index in [-0.39, 0.29) is 10.6 Å². The average molecular weight is 394 g/mol. The van der Waals surface area contributed by atoms with Crippen LogP contribution in [-0.4, -0.2) is 15.9 Å². The number of rotatable bonds is 3. The zero-order valence-electron chi connectivity index (χ0n) is 8.19. The minimum Gasteiger partial charge on any atom is -0.293 e. The monoisotopic (exact) mass is 392 g/mol. The van der Waals surface area contributed by atoms with Crippen LogP contribution in [0.2, 0.25) is 5.02 Å². The lowest BCUT2D eigenvalue weighted by molar-refractivity contribution is -0.137. The fraction of sp³-hybridized carbons (Fsp3) is 0.300. The molecule has 0 radical (unpaired) electrons. The second-order valence-electron chi connectivity index (χ2n) is 3.18. The molecule has 1 aromatic rings. The maximum atomic E-state index is 12.5. The first-order valence-corrected chi connectivity index (χ1v) is 6.80. The quantitative estimate of drug-likeness (QED) is 0.537. The lowest BCUT2D eigenvalue weighted by atomic mass is 10.1. The molecular formula is C10H6Br2ClF3O. The molecule has 0 amide bonds. The second-order valence-corrected chi connectivity index (χ2v) is 5.34. The molecule has 0 fully saturated rings. The Morgan fingerprint density at radius 2 is 2.00 bits per heavy atom. The molecule has 0 saturated heterocycles. The molecule has 0 aliphatic carbocycles. The molecule has 94 valence electrons. The molecule has 0 spiro atoms. The first-order chi connectivity index (χ1) is 7.77. The van der Waals surface area contributed by atoms with Crippen LogP contribution in [0.4, 0.5) is 13.2 Å². The number of hydrogen-bond donors (Lipinski definition) is 0. The van der Waals surface area contributed by atoms with E-state index in [1.54, 1.807) is 0 Å². The molecule has 1 unspecified atom stereocenters. The molecule has 17 heavy (non-hydrogen) atoms. The summed E-state index contributed by atoms with van der Waals surface area (Å²) in [5.74, 6) is -0.488. The topological polar surface area (TPSA) is 17.1 Å². The molecule has 0 bridgehead atoms. The van der Waals surface area contributed by atoms with Crippen molar-refractivity contribution in [2.24, 2.45) is 0 Å². The maximum absolute atomic E-state index is 12.5. The van der Waals surface area contributed by atoms with Gasteiger partial charge in [-0.25, -0.2) is 0 Å². The normalized spacial score (nSPS) is 13.5. The highest BCUT2D eigenvalue weighted by molar-refractivity contribution is 9.12. The minimum atomic E-state index is -4.49. The van der Waals surface area contributed by atoms with Crippen molar-refractivity contribution in [2.45, 2.75) is 11.0 Å². The number of alkyl halides is 5. The first-order valence-electron chi connectivity index (χ1n) is 4.38. The van der Waals surface area contributed by atoms with Gasteiger partial charge in [-0.2, -0.15) is 13.2 Å². The smallest absolute Gasteiger partial charge is 0.293 e. The molecule has 1 atom stereocenters. The molecule has 0 N–H and O–H groups in total. The van der Waals surface area contributed by atoms with Gasteiger partial charge in [-0.1, -0.05) is 43.5 Å². The summed E-state index contributed by atoms with van der Waals surface area (Å²) in [6.45, 7) is 0. The van der Waals surface area contributed by atoms with Gasteiger partial charge in [-0.05, 0) is 18.2 Å². The number of carbonyl (C=O) groups excluding carboxylic acids is 1. The van der Waals surface area contributed by atoms with E-state index in [9.17, 15) is 18.0 Å². The standard InChI is InChI=1S/C10H6Br2ClF3O/c11-4-7(12)9(17)6-3-5(10(14,15)16)1-2-8(6)13/h1-3,7H,4H2. The third kappa shape index (κ3) is 3.69. The van der Waals surface area contributed by atoms with Gasteiger partial charge in [0.2, 0.25) is 0 Å². The summed E-state index contributed by atoms with van der Waals surface area (Å²) in [7, 11) is 0. The van der Waals surface area contributed by atoms with Crippen LogP contribution in [0.25, 0.3) is 0 Å². The molecule has 0 heterocycles. The van der Waals surface area contributed by atoms with Gasteiger partial charge in [0, 0.05) is 10.9 Å². The van der Waals surface area contributed by atoms with E-state index in [0.717, 1.165) is 18.2 Å². The average Bonchev–Trinajstić information content (AvgIpc) is 2.26. The minimum absolute atomic E-state index is 0.00778. The Labute approximate surface area is 118 Å². The second kappa shape index (κ2) is 5.71. The van der Waals surface area contributed by atoms with Crippen molar-refractivity contribution in [3.63, 3.8) is 0 Å². The lowest BCUT2D eigenvalue weighted by Crippen LogP contribution is -2.17. The van der Waals surface area contributed by atoms with E-state index >= 15 is 0 Å². The summed E-state index contributed by atoms with van der Waals surface area (Å²) in [5, 5.41) is 0.298.